The maximum atomic E-state index is 5.96. The summed E-state index contributed by atoms with van der Waals surface area (Å²) >= 11 is 0. The smallest absolute Gasteiger partial charge is 0.121 e. The topological polar surface area (TPSA) is 42.4 Å². The average molecular weight is 236 g/mol. The Bertz CT molecular complexity index is 321. The summed E-state index contributed by atoms with van der Waals surface area (Å²) in [5.74, 6) is 1.60. The van der Waals surface area contributed by atoms with Gasteiger partial charge in [0.15, 0.2) is 0 Å². The van der Waals surface area contributed by atoms with Gasteiger partial charge in [0.2, 0.25) is 0 Å². The number of rotatable bonds is 3. The zero-order valence-corrected chi connectivity index (χ0v) is 10.9. The van der Waals surface area contributed by atoms with Gasteiger partial charge in [-0.25, -0.2) is 0 Å². The molecule has 2 atom stereocenters. The van der Waals surface area contributed by atoms with Crippen molar-refractivity contribution in [3.8, 4) is 0 Å². The molecule has 2 rings (SSSR count). The summed E-state index contributed by atoms with van der Waals surface area (Å²) in [7, 11) is 0. The van der Waals surface area contributed by atoms with Crippen molar-refractivity contribution < 1.29 is 4.42 Å². The van der Waals surface area contributed by atoms with E-state index >= 15 is 0 Å². The molecule has 2 unspecified atom stereocenters. The Hall–Kier alpha value is -0.800. The van der Waals surface area contributed by atoms with E-state index in [4.69, 9.17) is 10.2 Å². The molecule has 17 heavy (non-hydrogen) atoms. The average Bonchev–Trinajstić information content (AvgIpc) is 2.74. The largest absolute Gasteiger partial charge is 0.468 e. The van der Waals surface area contributed by atoms with Crippen LogP contribution in [0, 0.1) is 5.92 Å². The van der Waals surface area contributed by atoms with Crippen LogP contribution < -0.4 is 5.73 Å². The van der Waals surface area contributed by atoms with Crippen molar-refractivity contribution in [1.82, 2.24) is 4.90 Å². The van der Waals surface area contributed by atoms with Gasteiger partial charge in [0.25, 0.3) is 0 Å². The van der Waals surface area contributed by atoms with Crippen molar-refractivity contribution in [2.75, 3.05) is 13.1 Å². The fourth-order valence-electron chi connectivity index (χ4n) is 2.95. The molecule has 1 aliphatic rings. The third-order valence-corrected chi connectivity index (χ3v) is 3.85. The number of likely N-dealkylation sites (tertiary alicyclic amines) is 1. The van der Waals surface area contributed by atoms with Crippen LogP contribution in [0.2, 0.25) is 0 Å². The number of nitrogens with zero attached hydrogens (tertiary/aromatic N) is 1. The molecule has 1 aromatic rings. The van der Waals surface area contributed by atoms with Gasteiger partial charge in [0.1, 0.15) is 5.76 Å². The Morgan fingerprint density at radius 3 is 2.88 bits per heavy atom. The van der Waals surface area contributed by atoms with Gasteiger partial charge in [0, 0.05) is 6.04 Å². The van der Waals surface area contributed by atoms with Crippen molar-refractivity contribution >= 4 is 0 Å². The molecule has 0 aliphatic carbocycles. The Morgan fingerprint density at radius 2 is 2.29 bits per heavy atom. The van der Waals surface area contributed by atoms with Gasteiger partial charge in [-0.3, -0.25) is 4.90 Å². The van der Waals surface area contributed by atoms with Crippen LogP contribution in [0.25, 0.3) is 0 Å². The van der Waals surface area contributed by atoms with Crippen molar-refractivity contribution in [1.29, 1.82) is 0 Å². The normalized spacial score (nSPS) is 27.3. The lowest BCUT2D eigenvalue weighted by atomic mass is 9.92. The van der Waals surface area contributed by atoms with Crippen LogP contribution in [0.15, 0.2) is 22.8 Å². The summed E-state index contributed by atoms with van der Waals surface area (Å²) in [4.78, 5) is 2.54. The van der Waals surface area contributed by atoms with Gasteiger partial charge in [-0.15, -0.1) is 0 Å². The molecule has 1 aromatic heterocycles. The highest BCUT2D eigenvalue weighted by molar-refractivity contribution is 5.08. The first-order valence-corrected chi connectivity index (χ1v) is 6.73. The number of nitrogens with two attached hydrogens (primary N) is 1. The van der Waals surface area contributed by atoms with E-state index in [0.29, 0.717) is 18.0 Å². The lowest BCUT2D eigenvalue weighted by Gasteiger charge is -2.36. The maximum Gasteiger partial charge on any atom is 0.121 e. The minimum atomic E-state index is 0.359. The van der Waals surface area contributed by atoms with Gasteiger partial charge >= 0.3 is 0 Å². The quantitative estimate of drug-likeness (QED) is 0.877. The fraction of sp³-hybridized carbons (Fsp3) is 0.714. The van der Waals surface area contributed by atoms with E-state index < -0.39 is 0 Å². The van der Waals surface area contributed by atoms with Crippen LogP contribution in [-0.4, -0.2) is 24.0 Å². The van der Waals surface area contributed by atoms with Gasteiger partial charge in [-0.2, -0.15) is 0 Å². The SMILES string of the molecule is CC(C)N1CCCCC(CN)C1c1ccco1. The standard InChI is InChI=1S/C14H24N2O/c1-11(2)16-8-4-3-6-12(10-15)14(16)13-7-5-9-17-13/h5,7,9,11-12,14H,3-4,6,8,10,15H2,1-2H3. The summed E-state index contributed by atoms with van der Waals surface area (Å²) in [6.07, 6.45) is 5.53. The van der Waals surface area contributed by atoms with E-state index in [2.05, 4.69) is 24.8 Å². The molecule has 0 aromatic carbocycles. The summed E-state index contributed by atoms with van der Waals surface area (Å²) < 4.78 is 5.64. The Balaban J connectivity index is 2.28. The lowest BCUT2D eigenvalue weighted by molar-refractivity contribution is 0.103. The molecular formula is C14H24N2O. The van der Waals surface area contributed by atoms with Crippen LogP contribution >= 0.6 is 0 Å². The second-order valence-corrected chi connectivity index (χ2v) is 5.28. The molecule has 0 bridgehead atoms. The number of hydrogen-bond acceptors (Lipinski definition) is 3. The molecule has 0 spiro atoms. The highest BCUT2D eigenvalue weighted by atomic mass is 16.3. The van der Waals surface area contributed by atoms with Crippen LogP contribution in [0.1, 0.15) is 44.9 Å². The van der Waals surface area contributed by atoms with Gasteiger partial charge in [0.05, 0.1) is 12.3 Å². The molecule has 1 fully saturated rings. The van der Waals surface area contributed by atoms with Crippen molar-refractivity contribution in [3.05, 3.63) is 24.2 Å². The predicted molar refractivity (Wildman–Crippen MR) is 69.7 cm³/mol. The zero-order valence-electron chi connectivity index (χ0n) is 10.9. The van der Waals surface area contributed by atoms with E-state index in [-0.39, 0.29) is 0 Å². The Morgan fingerprint density at radius 1 is 1.47 bits per heavy atom. The maximum absolute atomic E-state index is 5.96. The zero-order chi connectivity index (χ0) is 12.3. The van der Waals surface area contributed by atoms with E-state index in [1.807, 2.05) is 6.07 Å². The summed E-state index contributed by atoms with van der Waals surface area (Å²) in [5, 5.41) is 0. The van der Waals surface area contributed by atoms with Crippen molar-refractivity contribution in [2.24, 2.45) is 11.7 Å². The van der Waals surface area contributed by atoms with Crippen molar-refractivity contribution in [2.45, 2.75) is 45.2 Å². The summed E-state index contributed by atoms with van der Waals surface area (Å²) in [6, 6.07) is 4.97. The first-order valence-electron chi connectivity index (χ1n) is 6.73. The molecule has 0 amide bonds. The van der Waals surface area contributed by atoms with Crippen LogP contribution in [0.4, 0.5) is 0 Å². The summed E-state index contributed by atoms with van der Waals surface area (Å²) in [5.41, 5.74) is 5.96. The molecule has 0 radical (unpaired) electrons. The molecule has 0 saturated carbocycles. The number of furan rings is 1. The number of hydrogen-bond donors (Lipinski definition) is 1. The van der Waals surface area contributed by atoms with E-state index in [9.17, 15) is 0 Å². The van der Waals surface area contributed by atoms with E-state index in [1.54, 1.807) is 6.26 Å². The highest BCUT2D eigenvalue weighted by Crippen LogP contribution is 2.35. The minimum absolute atomic E-state index is 0.359. The van der Waals surface area contributed by atoms with Crippen LogP contribution in [0.5, 0.6) is 0 Å². The molecule has 96 valence electrons. The van der Waals surface area contributed by atoms with Gasteiger partial charge < -0.3 is 10.2 Å². The fourth-order valence-corrected chi connectivity index (χ4v) is 2.95. The molecule has 2 N–H and O–H groups in total. The minimum Gasteiger partial charge on any atom is -0.468 e. The lowest BCUT2D eigenvalue weighted by Crippen LogP contribution is -2.39. The monoisotopic (exact) mass is 236 g/mol. The predicted octanol–water partition coefficient (Wildman–Crippen LogP) is 2.79. The Labute approximate surface area is 104 Å². The van der Waals surface area contributed by atoms with Crippen molar-refractivity contribution in [3.63, 3.8) is 0 Å². The molecule has 3 nitrogen and oxygen atoms in total. The molecule has 2 heterocycles. The third kappa shape index (κ3) is 2.72. The van der Waals surface area contributed by atoms with Crippen LogP contribution in [0.3, 0.4) is 0 Å². The Kier molecular flexibility index (Phi) is 4.24. The highest BCUT2D eigenvalue weighted by Gasteiger charge is 2.33. The van der Waals surface area contributed by atoms with Crippen LogP contribution in [-0.2, 0) is 0 Å². The summed E-state index contributed by atoms with van der Waals surface area (Å²) in [6.45, 7) is 6.41. The van der Waals surface area contributed by atoms with Gasteiger partial charge in [-0.1, -0.05) is 6.42 Å². The first-order chi connectivity index (χ1) is 8.24. The van der Waals surface area contributed by atoms with E-state index in [0.717, 1.165) is 18.8 Å². The second-order valence-electron chi connectivity index (χ2n) is 5.28. The molecule has 1 aliphatic heterocycles. The third-order valence-electron chi connectivity index (χ3n) is 3.85. The molecule has 1 saturated heterocycles. The second kappa shape index (κ2) is 5.69. The first kappa shape index (κ1) is 12.7. The van der Waals surface area contributed by atoms with E-state index in [1.165, 1.54) is 19.3 Å². The molecular weight excluding hydrogens is 212 g/mol. The van der Waals surface area contributed by atoms with Gasteiger partial charge in [-0.05, 0) is 57.8 Å². The molecule has 3 heteroatoms.